The van der Waals surface area contributed by atoms with E-state index in [0.717, 1.165) is 4.90 Å². The number of aromatic amines is 1. The lowest BCUT2D eigenvalue weighted by Gasteiger charge is -2.09. The molecule has 0 aliphatic heterocycles. The number of amides is 1. The number of carbonyl (C=O) groups is 1. The van der Waals surface area contributed by atoms with E-state index in [9.17, 15) is 4.79 Å². The third-order valence-corrected chi connectivity index (χ3v) is 1.19. The fourth-order valence-corrected chi connectivity index (χ4v) is 0.612. The van der Waals surface area contributed by atoms with Crippen LogP contribution in [0.4, 0.5) is 4.79 Å². The molecule has 2 N–H and O–H groups in total. The highest BCUT2D eigenvalue weighted by Crippen LogP contribution is 1.95. The summed E-state index contributed by atoms with van der Waals surface area (Å²) in [6.45, 7) is 0.256. The maximum atomic E-state index is 10.3. The zero-order valence-corrected chi connectivity index (χ0v) is 5.98. The Morgan fingerprint density at radius 1 is 1.91 bits per heavy atom. The Labute approximate surface area is 62.8 Å². The molecule has 0 saturated carbocycles. The number of nitrogens with zero attached hydrogens (tertiary/aromatic N) is 3. The highest BCUT2D eigenvalue weighted by atomic mass is 16.4. The Balaban J connectivity index is 2.50. The molecule has 0 saturated heterocycles. The predicted octanol–water partition coefficient (Wildman–Crippen LogP) is -0.0855. The molecule has 1 rings (SSSR count). The van der Waals surface area contributed by atoms with Crippen LogP contribution >= 0.6 is 0 Å². The largest absolute Gasteiger partial charge is 0.465 e. The number of carboxylic acid groups (broad SMARTS) is 1. The van der Waals surface area contributed by atoms with Crippen LogP contribution in [0.1, 0.15) is 5.69 Å². The minimum atomic E-state index is -0.979. The Kier molecular flexibility index (Phi) is 2.05. The summed E-state index contributed by atoms with van der Waals surface area (Å²) in [6.07, 6.45) is 0.507. The van der Waals surface area contributed by atoms with Crippen molar-refractivity contribution < 1.29 is 9.90 Å². The molecular weight excluding hydrogens is 148 g/mol. The van der Waals surface area contributed by atoms with Gasteiger partial charge in [0, 0.05) is 7.05 Å². The van der Waals surface area contributed by atoms with E-state index in [1.165, 1.54) is 13.2 Å². The Hall–Kier alpha value is -1.59. The molecule has 60 valence electrons. The third kappa shape index (κ3) is 1.92. The molecule has 0 aliphatic carbocycles. The van der Waals surface area contributed by atoms with Crippen LogP contribution in [0.2, 0.25) is 0 Å². The van der Waals surface area contributed by atoms with E-state index < -0.39 is 6.09 Å². The molecule has 0 aromatic carbocycles. The smallest absolute Gasteiger partial charge is 0.407 e. The molecule has 1 aromatic heterocycles. The SMILES string of the molecule is CN(Cc1cn[nH]n1)C(=O)O. The summed E-state index contributed by atoms with van der Waals surface area (Å²) in [6, 6.07) is 0. The van der Waals surface area contributed by atoms with E-state index in [2.05, 4.69) is 15.4 Å². The van der Waals surface area contributed by atoms with E-state index in [1.807, 2.05) is 0 Å². The molecule has 1 amide bonds. The standard InChI is InChI=1S/C5H8N4O2/c1-9(5(10)11)3-4-2-6-8-7-4/h2H,3H2,1H3,(H,10,11)(H,6,7,8). The zero-order valence-electron chi connectivity index (χ0n) is 5.98. The topological polar surface area (TPSA) is 82.1 Å². The molecule has 1 aromatic rings. The number of aromatic nitrogens is 3. The predicted molar refractivity (Wildman–Crippen MR) is 35.9 cm³/mol. The van der Waals surface area contributed by atoms with Crippen molar-refractivity contribution in [3.05, 3.63) is 11.9 Å². The Bertz CT molecular complexity index is 233. The Morgan fingerprint density at radius 3 is 3.09 bits per heavy atom. The maximum Gasteiger partial charge on any atom is 0.407 e. The minimum Gasteiger partial charge on any atom is -0.465 e. The maximum absolute atomic E-state index is 10.3. The lowest BCUT2D eigenvalue weighted by molar-refractivity contribution is 0.153. The molecule has 0 fully saturated rings. The van der Waals surface area contributed by atoms with Gasteiger partial charge in [0.15, 0.2) is 0 Å². The van der Waals surface area contributed by atoms with Gasteiger partial charge in [-0.25, -0.2) is 4.79 Å². The number of H-pyrrole nitrogens is 1. The number of hydrogen-bond donors (Lipinski definition) is 2. The van der Waals surface area contributed by atoms with Crippen LogP contribution in [0.3, 0.4) is 0 Å². The van der Waals surface area contributed by atoms with Gasteiger partial charge in [0.25, 0.3) is 0 Å². The van der Waals surface area contributed by atoms with E-state index in [1.54, 1.807) is 0 Å². The third-order valence-electron chi connectivity index (χ3n) is 1.19. The van der Waals surface area contributed by atoms with E-state index in [-0.39, 0.29) is 6.54 Å². The van der Waals surface area contributed by atoms with Gasteiger partial charge in [-0.05, 0) is 0 Å². The summed E-state index contributed by atoms with van der Waals surface area (Å²) in [5.41, 5.74) is 0.606. The van der Waals surface area contributed by atoms with Gasteiger partial charge in [-0.2, -0.15) is 15.4 Å². The van der Waals surface area contributed by atoms with Crippen LogP contribution in [-0.4, -0.2) is 38.6 Å². The second kappa shape index (κ2) is 3.00. The first-order valence-corrected chi connectivity index (χ1v) is 2.99. The minimum absolute atomic E-state index is 0.256. The van der Waals surface area contributed by atoms with Crippen molar-refractivity contribution in [2.24, 2.45) is 0 Å². The summed E-state index contributed by atoms with van der Waals surface area (Å²) in [5.74, 6) is 0. The molecule has 0 aliphatic rings. The lowest BCUT2D eigenvalue weighted by atomic mass is 10.4. The summed E-state index contributed by atoms with van der Waals surface area (Å²) in [5, 5.41) is 18.1. The van der Waals surface area contributed by atoms with Gasteiger partial charge >= 0.3 is 6.09 Å². The van der Waals surface area contributed by atoms with Gasteiger partial charge in [-0.3, -0.25) is 0 Å². The fraction of sp³-hybridized carbons (Fsp3) is 0.400. The lowest BCUT2D eigenvalue weighted by Crippen LogP contribution is -2.24. The van der Waals surface area contributed by atoms with Crippen LogP contribution in [0, 0.1) is 0 Å². The van der Waals surface area contributed by atoms with Crippen LogP contribution < -0.4 is 0 Å². The molecule has 6 nitrogen and oxygen atoms in total. The van der Waals surface area contributed by atoms with Gasteiger partial charge in [0.1, 0.15) is 5.69 Å². The van der Waals surface area contributed by atoms with Crippen molar-refractivity contribution >= 4 is 6.09 Å². The summed E-state index contributed by atoms with van der Waals surface area (Å²) < 4.78 is 0. The molecular formula is C5H8N4O2. The number of hydrogen-bond acceptors (Lipinski definition) is 3. The monoisotopic (exact) mass is 156 g/mol. The normalized spacial score (nSPS) is 9.55. The summed E-state index contributed by atoms with van der Waals surface area (Å²) in [7, 11) is 1.47. The zero-order chi connectivity index (χ0) is 8.27. The van der Waals surface area contributed by atoms with Gasteiger partial charge in [-0.1, -0.05) is 0 Å². The molecule has 0 spiro atoms. The molecule has 0 unspecified atom stereocenters. The fourth-order valence-electron chi connectivity index (χ4n) is 0.612. The van der Waals surface area contributed by atoms with Crippen molar-refractivity contribution in [1.82, 2.24) is 20.3 Å². The van der Waals surface area contributed by atoms with Crippen LogP contribution in [-0.2, 0) is 6.54 Å². The molecule has 0 radical (unpaired) electrons. The number of rotatable bonds is 2. The number of nitrogens with one attached hydrogen (secondary N) is 1. The first-order chi connectivity index (χ1) is 5.20. The van der Waals surface area contributed by atoms with Gasteiger partial charge in [0.2, 0.25) is 0 Å². The molecule has 1 heterocycles. The molecule has 0 atom stereocenters. The highest BCUT2D eigenvalue weighted by Gasteiger charge is 2.06. The van der Waals surface area contributed by atoms with E-state index >= 15 is 0 Å². The average Bonchev–Trinajstić information content (AvgIpc) is 2.39. The van der Waals surface area contributed by atoms with Crippen LogP contribution in [0.25, 0.3) is 0 Å². The molecule has 11 heavy (non-hydrogen) atoms. The molecule has 6 heteroatoms. The van der Waals surface area contributed by atoms with Crippen molar-refractivity contribution in [3.63, 3.8) is 0 Å². The van der Waals surface area contributed by atoms with Crippen LogP contribution in [0.15, 0.2) is 6.20 Å². The first kappa shape index (κ1) is 7.52. The van der Waals surface area contributed by atoms with Crippen molar-refractivity contribution in [2.75, 3.05) is 7.05 Å². The Morgan fingerprint density at radius 2 is 2.64 bits per heavy atom. The molecule has 0 bridgehead atoms. The van der Waals surface area contributed by atoms with E-state index in [4.69, 9.17) is 5.11 Å². The van der Waals surface area contributed by atoms with Gasteiger partial charge in [-0.15, -0.1) is 0 Å². The summed E-state index contributed by atoms with van der Waals surface area (Å²) in [4.78, 5) is 11.4. The average molecular weight is 156 g/mol. The first-order valence-electron chi connectivity index (χ1n) is 2.99. The highest BCUT2D eigenvalue weighted by molar-refractivity contribution is 5.64. The van der Waals surface area contributed by atoms with Crippen molar-refractivity contribution in [3.8, 4) is 0 Å². The van der Waals surface area contributed by atoms with Gasteiger partial charge in [0.05, 0.1) is 12.7 Å². The van der Waals surface area contributed by atoms with Gasteiger partial charge < -0.3 is 10.0 Å². The quantitative estimate of drug-likeness (QED) is 0.627. The second-order valence-electron chi connectivity index (χ2n) is 2.10. The summed E-state index contributed by atoms with van der Waals surface area (Å²) >= 11 is 0. The van der Waals surface area contributed by atoms with Crippen molar-refractivity contribution in [2.45, 2.75) is 6.54 Å². The van der Waals surface area contributed by atoms with E-state index in [0.29, 0.717) is 5.69 Å². The second-order valence-corrected chi connectivity index (χ2v) is 2.10. The van der Waals surface area contributed by atoms with Crippen LogP contribution in [0.5, 0.6) is 0 Å². The van der Waals surface area contributed by atoms with Crippen molar-refractivity contribution in [1.29, 1.82) is 0 Å².